The monoisotopic (exact) mass is 271 g/mol. The molecule has 2 aromatic rings. The first-order chi connectivity index (χ1) is 9.74. The van der Waals surface area contributed by atoms with Crippen LogP contribution in [0, 0.1) is 5.92 Å². The highest BCUT2D eigenvalue weighted by molar-refractivity contribution is 5.94. The Hall–Kier alpha value is -2.24. The number of pyridine rings is 1. The molecule has 3 heterocycles. The lowest BCUT2D eigenvalue weighted by atomic mass is 9.99. The van der Waals surface area contributed by atoms with Crippen molar-refractivity contribution in [3.05, 3.63) is 36.5 Å². The molecule has 0 aromatic carbocycles. The second-order valence-corrected chi connectivity index (χ2v) is 5.27. The van der Waals surface area contributed by atoms with Crippen molar-refractivity contribution in [3.8, 4) is 5.82 Å². The summed E-state index contributed by atoms with van der Waals surface area (Å²) in [6.07, 6.45) is 7.07. The molecule has 2 aromatic heterocycles. The standard InChI is InChI=1S/C14H17N5O/c1-11-3-2-6-18(8-11)14(20)12-4-5-15-13(7-12)19-9-16-17-10-19/h4-5,7,9-11H,2-3,6,8H2,1H3. The predicted molar refractivity (Wildman–Crippen MR) is 73.5 cm³/mol. The van der Waals surface area contributed by atoms with Gasteiger partial charge in [0.15, 0.2) is 0 Å². The van der Waals surface area contributed by atoms with Crippen molar-refractivity contribution in [2.45, 2.75) is 19.8 Å². The summed E-state index contributed by atoms with van der Waals surface area (Å²) in [4.78, 5) is 18.7. The van der Waals surface area contributed by atoms with Gasteiger partial charge in [-0.15, -0.1) is 10.2 Å². The number of nitrogens with zero attached hydrogens (tertiary/aromatic N) is 5. The van der Waals surface area contributed by atoms with Crippen LogP contribution in [0.4, 0.5) is 0 Å². The Labute approximate surface area is 117 Å². The molecule has 1 aliphatic rings. The Morgan fingerprint density at radius 2 is 2.15 bits per heavy atom. The van der Waals surface area contributed by atoms with Crippen LogP contribution in [0.15, 0.2) is 31.0 Å². The van der Waals surface area contributed by atoms with E-state index in [0.717, 1.165) is 19.5 Å². The SMILES string of the molecule is CC1CCCN(C(=O)c2ccnc(-n3cnnc3)c2)C1. The van der Waals surface area contributed by atoms with Gasteiger partial charge in [-0.05, 0) is 30.9 Å². The number of hydrogen-bond acceptors (Lipinski definition) is 4. The molecule has 0 N–H and O–H groups in total. The first-order valence-electron chi connectivity index (χ1n) is 6.84. The molecular weight excluding hydrogens is 254 g/mol. The maximum absolute atomic E-state index is 12.5. The minimum atomic E-state index is 0.0771. The number of amides is 1. The van der Waals surface area contributed by atoms with Crippen LogP contribution < -0.4 is 0 Å². The molecule has 6 heteroatoms. The van der Waals surface area contributed by atoms with Crippen molar-refractivity contribution in [3.63, 3.8) is 0 Å². The van der Waals surface area contributed by atoms with Crippen molar-refractivity contribution >= 4 is 5.91 Å². The number of carbonyl (C=O) groups excluding carboxylic acids is 1. The minimum Gasteiger partial charge on any atom is -0.338 e. The topological polar surface area (TPSA) is 63.9 Å². The Morgan fingerprint density at radius 3 is 2.90 bits per heavy atom. The molecule has 3 rings (SSSR count). The number of rotatable bonds is 2. The molecule has 0 radical (unpaired) electrons. The summed E-state index contributed by atoms with van der Waals surface area (Å²) in [5, 5.41) is 7.50. The van der Waals surface area contributed by atoms with E-state index >= 15 is 0 Å². The van der Waals surface area contributed by atoms with E-state index in [1.807, 2.05) is 4.90 Å². The lowest BCUT2D eigenvalue weighted by molar-refractivity contribution is 0.0683. The van der Waals surface area contributed by atoms with Gasteiger partial charge in [-0.25, -0.2) is 4.98 Å². The number of piperidine rings is 1. The van der Waals surface area contributed by atoms with E-state index in [1.165, 1.54) is 6.42 Å². The molecule has 0 spiro atoms. The molecular formula is C14H17N5O. The van der Waals surface area contributed by atoms with E-state index in [9.17, 15) is 4.79 Å². The van der Waals surface area contributed by atoms with Crippen LogP contribution in [0.5, 0.6) is 0 Å². The second-order valence-electron chi connectivity index (χ2n) is 5.27. The molecule has 1 atom stereocenters. The number of likely N-dealkylation sites (tertiary alicyclic amines) is 1. The highest BCUT2D eigenvalue weighted by Crippen LogP contribution is 2.18. The van der Waals surface area contributed by atoms with Crippen LogP contribution in [0.3, 0.4) is 0 Å². The fourth-order valence-corrected chi connectivity index (χ4v) is 2.57. The van der Waals surface area contributed by atoms with E-state index in [1.54, 1.807) is 35.6 Å². The van der Waals surface area contributed by atoms with Crippen molar-refractivity contribution < 1.29 is 4.79 Å². The summed E-state index contributed by atoms with van der Waals surface area (Å²) < 4.78 is 1.69. The zero-order valence-electron chi connectivity index (χ0n) is 11.4. The van der Waals surface area contributed by atoms with Gasteiger partial charge in [0, 0.05) is 24.8 Å². The van der Waals surface area contributed by atoms with Gasteiger partial charge in [0.25, 0.3) is 5.91 Å². The summed E-state index contributed by atoms with van der Waals surface area (Å²) in [5.74, 6) is 1.31. The van der Waals surface area contributed by atoms with E-state index in [-0.39, 0.29) is 5.91 Å². The highest BCUT2D eigenvalue weighted by Gasteiger charge is 2.22. The minimum absolute atomic E-state index is 0.0771. The van der Waals surface area contributed by atoms with Crippen molar-refractivity contribution in [1.29, 1.82) is 0 Å². The fourth-order valence-electron chi connectivity index (χ4n) is 2.57. The second kappa shape index (κ2) is 5.40. The smallest absolute Gasteiger partial charge is 0.254 e. The lowest BCUT2D eigenvalue weighted by Gasteiger charge is -2.31. The fraction of sp³-hybridized carbons (Fsp3) is 0.429. The predicted octanol–water partition coefficient (Wildman–Crippen LogP) is 1.53. The summed E-state index contributed by atoms with van der Waals surface area (Å²) in [5.41, 5.74) is 0.665. The maximum Gasteiger partial charge on any atom is 0.254 e. The van der Waals surface area contributed by atoms with E-state index < -0.39 is 0 Å². The molecule has 0 bridgehead atoms. The van der Waals surface area contributed by atoms with Gasteiger partial charge < -0.3 is 4.90 Å². The van der Waals surface area contributed by atoms with Crippen molar-refractivity contribution in [2.24, 2.45) is 5.92 Å². The molecule has 1 fully saturated rings. The largest absolute Gasteiger partial charge is 0.338 e. The summed E-state index contributed by atoms with van der Waals surface area (Å²) in [6.45, 7) is 3.87. The summed E-state index contributed by atoms with van der Waals surface area (Å²) in [7, 11) is 0. The number of carbonyl (C=O) groups is 1. The molecule has 1 unspecified atom stereocenters. The van der Waals surface area contributed by atoms with Gasteiger partial charge >= 0.3 is 0 Å². The van der Waals surface area contributed by atoms with Crippen LogP contribution in [0.1, 0.15) is 30.1 Å². The average molecular weight is 271 g/mol. The maximum atomic E-state index is 12.5. The summed E-state index contributed by atoms with van der Waals surface area (Å²) >= 11 is 0. The number of aromatic nitrogens is 4. The van der Waals surface area contributed by atoms with Crippen LogP contribution in [-0.4, -0.2) is 43.6 Å². The normalized spacial score (nSPS) is 19.1. The quantitative estimate of drug-likeness (QED) is 0.831. The zero-order chi connectivity index (χ0) is 13.9. The number of hydrogen-bond donors (Lipinski definition) is 0. The lowest BCUT2D eigenvalue weighted by Crippen LogP contribution is -2.39. The Balaban J connectivity index is 1.83. The molecule has 0 aliphatic carbocycles. The third-order valence-electron chi connectivity index (χ3n) is 3.62. The van der Waals surface area contributed by atoms with Gasteiger partial charge in [-0.1, -0.05) is 6.92 Å². The van der Waals surface area contributed by atoms with Gasteiger partial charge in [0.05, 0.1) is 0 Å². The molecule has 6 nitrogen and oxygen atoms in total. The Bertz CT molecular complexity index is 595. The first-order valence-corrected chi connectivity index (χ1v) is 6.84. The van der Waals surface area contributed by atoms with Gasteiger partial charge in [0.2, 0.25) is 0 Å². The Morgan fingerprint density at radius 1 is 1.35 bits per heavy atom. The third-order valence-corrected chi connectivity index (χ3v) is 3.62. The molecule has 1 amide bonds. The molecule has 104 valence electrons. The zero-order valence-corrected chi connectivity index (χ0v) is 11.4. The van der Waals surface area contributed by atoms with Crippen LogP contribution in [0.25, 0.3) is 5.82 Å². The van der Waals surface area contributed by atoms with Crippen molar-refractivity contribution in [1.82, 2.24) is 24.6 Å². The van der Waals surface area contributed by atoms with Gasteiger partial charge in [-0.3, -0.25) is 9.36 Å². The summed E-state index contributed by atoms with van der Waals surface area (Å²) in [6, 6.07) is 3.54. The van der Waals surface area contributed by atoms with Crippen LogP contribution in [0.2, 0.25) is 0 Å². The first kappa shape index (κ1) is 12.8. The van der Waals surface area contributed by atoms with Gasteiger partial charge in [-0.2, -0.15) is 0 Å². The molecule has 20 heavy (non-hydrogen) atoms. The highest BCUT2D eigenvalue weighted by atomic mass is 16.2. The third kappa shape index (κ3) is 2.54. The van der Waals surface area contributed by atoms with E-state index in [0.29, 0.717) is 17.3 Å². The van der Waals surface area contributed by atoms with Crippen LogP contribution in [-0.2, 0) is 0 Å². The van der Waals surface area contributed by atoms with E-state index in [2.05, 4.69) is 22.1 Å². The van der Waals surface area contributed by atoms with Gasteiger partial charge in [0.1, 0.15) is 18.5 Å². The van der Waals surface area contributed by atoms with Crippen LogP contribution >= 0.6 is 0 Å². The van der Waals surface area contributed by atoms with Crippen molar-refractivity contribution in [2.75, 3.05) is 13.1 Å². The molecule has 1 aliphatic heterocycles. The molecule has 1 saturated heterocycles. The Kier molecular flexibility index (Phi) is 3.45. The molecule has 0 saturated carbocycles. The average Bonchev–Trinajstić information content (AvgIpc) is 3.01. The van der Waals surface area contributed by atoms with E-state index in [4.69, 9.17) is 0 Å².